The average molecular weight is 515 g/mol. The van der Waals surface area contributed by atoms with Gasteiger partial charge in [0.15, 0.2) is 11.5 Å². The largest absolute Gasteiger partial charge is 0.508 e. The molecule has 2 unspecified atom stereocenters. The van der Waals surface area contributed by atoms with Gasteiger partial charge in [-0.2, -0.15) is 0 Å². The van der Waals surface area contributed by atoms with Crippen LogP contribution in [0.1, 0.15) is 39.8 Å². The second-order valence-corrected chi connectivity index (χ2v) is 8.97. The summed E-state index contributed by atoms with van der Waals surface area (Å²) in [5, 5.41) is 50.5. The molecule has 1 aliphatic rings. The summed E-state index contributed by atoms with van der Waals surface area (Å²) in [6.45, 7) is 0. The van der Waals surface area contributed by atoms with E-state index in [0.29, 0.717) is 28.2 Å². The lowest BCUT2D eigenvalue weighted by molar-refractivity contribution is 0.220. The molecule has 0 saturated heterocycles. The summed E-state index contributed by atoms with van der Waals surface area (Å²) in [7, 11) is 3.01. The Morgan fingerprint density at radius 2 is 1.34 bits per heavy atom. The minimum Gasteiger partial charge on any atom is -0.508 e. The number of benzene rings is 4. The zero-order valence-corrected chi connectivity index (χ0v) is 20.6. The van der Waals surface area contributed by atoms with Gasteiger partial charge in [-0.25, -0.2) is 0 Å². The third kappa shape index (κ3) is 4.71. The lowest BCUT2D eigenvalue weighted by Gasteiger charge is -2.22. The molecule has 1 heterocycles. The van der Waals surface area contributed by atoms with Crippen LogP contribution in [0.15, 0.2) is 66.7 Å². The van der Waals surface area contributed by atoms with E-state index in [-0.39, 0.29) is 34.5 Å². The van der Waals surface area contributed by atoms with E-state index >= 15 is 0 Å². The lowest BCUT2D eigenvalue weighted by Crippen LogP contribution is -2.12. The fourth-order valence-corrected chi connectivity index (χ4v) is 4.84. The van der Waals surface area contributed by atoms with Crippen molar-refractivity contribution in [2.75, 3.05) is 14.2 Å². The summed E-state index contributed by atoms with van der Waals surface area (Å²) in [4.78, 5) is 0. The second kappa shape index (κ2) is 9.82. The molecule has 5 rings (SSSR count). The Labute approximate surface area is 218 Å². The third-order valence-electron chi connectivity index (χ3n) is 6.45. The van der Waals surface area contributed by atoms with Crippen LogP contribution in [-0.2, 0) is 0 Å². The quantitative estimate of drug-likeness (QED) is 0.208. The Morgan fingerprint density at radius 1 is 0.684 bits per heavy atom. The number of hydrogen-bond donors (Lipinski definition) is 5. The molecule has 8 heteroatoms. The topological polar surface area (TPSA) is 129 Å². The molecule has 0 bridgehead atoms. The van der Waals surface area contributed by atoms with Crippen molar-refractivity contribution in [2.45, 2.75) is 12.0 Å². The van der Waals surface area contributed by atoms with Gasteiger partial charge in [-0.05, 0) is 64.7 Å². The second-order valence-electron chi connectivity index (χ2n) is 8.97. The molecule has 1 aliphatic heterocycles. The molecule has 0 fully saturated rings. The molecule has 0 amide bonds. The molecule has 0 aromatic heterocycles. The minimum atomic E-state index is -0.607. The molecule has 4 aromatic carbocycles. The third-order valence-corrected chi connectivity index (χ3v) is 6.45. The van der Waals surface area contributed by atoms with Crippen molar-refractivity contribution in [1.82, 2.24) is 0 Å². The Hall–Kier alpha value is -4.98. The highest BCUT2D eigenvalue weighted by Gasteiger charge is 2.39. The van der Waals surface area contributed by atoms with Gasteiger partial charge in [0.1, 0.15) is 40.6 Å². The van der Waals surface area contributed by atoms with E-state index in [4.69, 9.17) is 14.2 Å². The number of phenolic OH excluding ortho intramolecular Hbond substituents is 5. The number of aromatic hydroxyl groups is 5. The molecule has 8 nitrogen and oxygen atoms in total. The average Bonchev–Trinajstić information content (AvgIpc) is 3.26. The molecule has 0 radical (unpaired) electrons. The van der Waals surface area contributed by atoms with Crippen molar-refractivity contribution < 1.29 is 39.7 Å². The summed E-state index contributed by atoms with van der Waals surface area (Å²) in [6.07, 6.45) is 2.95. The Balaban J connectivity index is 1.70. The monoisotopic (exact) mass is 514 g/mol. The maximum Gasteiger partial charge on any atom is 0.160 e. The highest BCUT2D eigenvalue weighted by Crippen LogP contribution is 2.54. The van der Waals surface area contributed by atoms with Gasteiger partial charge in [0, 0.05) is 23.8 Å². The summed E-state index contributed by atoms with van der Waals surface area (Å²) in [5.41, 5.74) is 3.38. The predicted octanol–water partition coefficient (Wildman–Crippen LogP) is 5.67. The molecular formula is C30H26O8. The van der Waals surface area contributed by atoms with Crippen LogP contribution in [0, 0.1) is 0 Å². The molecule has 194 valence electrons. The number of ether oxygens (including phenoxy) is 3. The van der Waals surface area contributed by atoms with Gasteiger partial charge in [0.2, 0.25) is 0 Å². The highest BCUT2D eigenvalue weighted by atomic mass is 16.5. The molecule has 5 N–H and O–H groups in total. The van der Waals surface area contributed by atoms with E-state index in [2.05, 4.69) is 0 Å². The van der Waals surface area contributed by atoms with Gasteiger partial charge in [-0.15, -0.1) is 0 Å². The van der Waals surface area contributed by atoms with E-state index in [9.17, 15) is 25.5 Å². The Bertz CT molecular complexity index is 1500. The number of phenols is 5. The summed E-state index contributed by atoms with van der Waals surface area (Å²) >= 11 is 0. The summed E-state index contributed by atoms with van der Waals surface area (Å²) in [6, 6.07) is 17.2. The van der Waals surface area contributed by atoms with Crippen molar-refractivity contribution in [1.29, 1.82) is 0 Å². The van der Waals surface area contributed by atoms with Crippen LogP contribution in [0.25, 0.3) is 12.2 Å². The zero-order chi connectivity index (χ0) is 27.0. The fraction of sp³-hybridized carbons (Fsp3) is 0.133. The number of rotatable bonds is 6. The smallest absolute Gasteiger partial charge is 0.160 e. The van der Waals surface area contributed by atoms with Gasteiger partial charge in [-0.3, -0.25) is 0 Å². The van der Waals surface area contributed by atoms with Crippen LogP contribution >= 0.6 is 0 Å². The van der Waals surface area contributed by atoms with Crippen LogP contribution in [-0.4, -0.2) is 39.8 Å². The number of hydrogen-bond acceptors (Lipinski definition) is 8. The van der Waals surface area contributed by atoms with Crippen LogP contribution in [0.3, 0.4) is 0 Å². The van der Waals surface area contributed by atoms with Gasteiger partial charge in [0.25, 0.3) is 0 Å². The summed E-state index contributed by atoms with van der Waals surface area (Å²) in [5.74, 6) is 0.514. The van der Waals surface area contributed by atoms with E-state index in [1.54, 1.807) is 43.5 Å². The van der Waals surface area contributed by atoms with Gasteiger partial charge in [0.05, 0.1) is 20.1 Å². The van der Waals surface area contributed by atoms with Crippen LogP contribution < -0.4 is 14.2 Å². The van der Waals surface area contributed by atoms with Crippen LogP contribution in [0.2, 0.25) is 0 Å². The Kier molecular flexibility index (Phi) is 6.38. The SMILES string of the molecule is COc1cc(/C=C/c2cc(O)cc(O)c2)c2c(c1)OC(c1ccc(O)c(OC)c1)C2c1cc(O)cc(O)c1. The molecule has 2 atom stereocenters. The summed E-state index contributed by atoms with van der Waals surface area (Å²) < 4.78 is 17.3. The first-order valence-corrected chi connectivity index (χ1v) is 11.7. The van der Waals surface area contributed by atoms with Gasteiger partial charge in [-0.1, -0.05) is 18.2 Å². The van der Waals surface area contributed by atoms with Crippen molar-refractivity contribution in [2.24, 2.45) is 0 Å². The van der Waals surface area contributed by atoms with E-state index in [1.165, 1.54) is 37.4 Å². The predicted molar refractivity (Wildman–Crippen MR) is 141 cm³/mol. The molecule has 0 aliphatic carbocycles. The first kappa shape index (κ1) is 24.7. The fourth-order valence-electron chi connectivity index (χ4n) is 4.84. The molecule has 0 spiro atoms. The van der Waals surface area contributed by atoms with Crippen molar-refractivity contribution in [3.8, 4) is 46.0 Å². The van der Waals surface area contributed by atoms with Crippen LogP contribution in [0.5, 0.6) is 46.0 Å². The van der Waals surface area contributed by atoms with Crippen LogP contribution in [0.4, 0.5) is 0 Å². The lowest BCUT2D eigenvalue weighted by atomic mass is 9.82. The maximum atomic E-state index is 10.3. The highest BCUT2D eigenvalue weighted by molar-refractivity contribution is 5.76. The maximum absolute atomic E-state index is 10.3. The zero-order valence-electron chi connectivity index (χ0n) is 20.6. The van der Waals surface area contributed by atoms with E-state index in [0.717, 1.165) is 11.1 Å². The van der Waals surface area contributed by atoms with Crippen molar-refractivity contribution in [3.05, 3.63) is 94.5 Å². The normalized spacial score (nSPS) is 16.3. The standard InChI is InChI=1S/C30H26O8/c1-36-24-11-17(4-3-16-7-20(31)13-21(32)8-16)28-27(15-24)38-30(18-5-6-25(35)26(12-18)37-2)29(28)19-9-22(33)14-23(34)10-19/h3-15,29-35H,1-2H3/b4-3+. The molecule has 38 heavy (non-hydrogen) atoms. The number of fused-ring (bicyclic) bond motifs is 1. The first-order chi connectivity index (χ1) is 18.2. The van der Waals surface area contributed by atoms with Crippen molar-refractivity contribution in [3.63, 3.8) is 0 Å². The van der Waals surface area contributed by atoms with Gasteiger partial charge >= 0.3 is 0 Å². The van der Waals surface area contributed by atoms with E-state index in [1.807, 2.05) is 12.1 Å². The Morgan fingerprint density at radius 3 is 1.97 bits per heavy atom. The van der Waals surface area contributed by atoms with Crippen molar-refractivity contribution >= 4 is 12.2 Å². The first-order valence-electron chi connectivity index (χ1n) is 11.7. The molecular weight excluding hydrogens is 488 g/mol. The van der Waals surface area contributed by atoms with Gasteiger partial charge < -0.3 is 39.7 Å². The molecule has 0 saturated carbocycles. The number of methoxy groups -OCH3 is 2. The minimum absolute atomic E-state index is 0.0158. The molecule has 4 aromatic rings. The van der Waals surface area contributed by atoms with E-state index < -0.39 is 12.0 Å².